The first-order chi connectivity index (χ1) is 9.76. The SMILES string of the molecule is COc1ccccc1NC1(C#N)CCCC(C2CC2)C1. The van der Waals surface area contributed by atoms with Crippen LogP contribution in [0, 0.1) is 23.2 Å². The molecule has 0 heterocycles. The van der Waals surface area contributed by atoms with Crippen molar-refractivity contribution in [1.82, 2.24) is 0 Å². The van der Waals surface area contributed by atoms with E-state index in [1.807, 2.05) is 24.3 Å². The van der Waals surface area contributed by atoms with Crippen LogP contribution < -0.4 is 10.1 Å². The number of ether oxygens (including phenoxy) is 1. The second-order valence-corrected chi connectivity index (χ2v) is 6.21. The monoisotopic (exact) mass is 270 g/mol. The van der Waals surface area contributed by atoms with Crippen LogP contribution in [0.4, 0.5) is 5.69 Å². The van der Waals surface area contributed by atoms with Crippen molar-refractivity contribution in [2.45, 2.75) is 44.1 Å². The summed E-state index contributed by atoms with van der Waals surface area (Å²) in [5.41, 5.74) is 0.521. The third-order valence-electron chi connectivity index (χ3n) is 4.77. The van der Waals surface area contributed by atoms with Gasteiger partial charge in [-0.25, -0.2) is 0 Å². The molecule has 0 saturated heterocycles. The maximum Gasteiger partial charge on any atom is 0.141 e. The van der Waals surface area contributed by atoms with E-state index >= 15 is 0 Å². The van der Waals surface area contributed by atoms with Crippen molar-refractivity contribution in [3.63, 3.8) is 0 Å². The molecule has 1 aromatic carbocycles. The smallest absolute Gasteiger partial charge is 0.141 e. The molecular formula is C17H22N2O. The summed E-state index contributed by atoms with van der Waals surface area (Å²) in [6, 6.07) is 10.4. The summed E-state index contributed by atoms with van der Waals surface area (Å²) < 4.78 is 5.39. The van der Waals surface area contributed by atoms with Crippen LogP contribution in [0.25, 0.3) is 0 Å². The zero-order chi connectivity index (χ0) is 14.0. The predicted molar refractivity (Wildman–Crippen MR) is 79.6 cm³/mol. The number of hydrogen-bond donors (Lipinski definition) is 1. The Kier molecular flexibility index (Phi) is 3.56. The number of methoxy groups -OCH3 is 1. The number of para-hydroxylation sites is 2. The van der Waals surface area contributed by atoms with Gasteiger partial charge in [0.15, 0.2) is 0 Å². The lowest BCUT2D eigenvalue weighted by Crippen LogP contribution is -2.42. The molecule has 2 fully saturated rings. The first-order valence-corrected chi connectivity index (χ1v) is 7.59. The molecule has 0 amide bonds. The van der Waals surface area contributed by atoms with E-state index in [1.54, 1.807) is 7.11 Å². The van der Waals surface area contributed by atoms with E-state index in [4.69, 9.17) is 4.74 Å². The van der Waals surface area contributed by atoms with Gasteiger partial charge in [0.1, 0.15) is 11.3 Å². The normalized spacial score (nSPS) is 29.5. The zero-order valence-electron chi connectivity index (χ0n) is 12.1. The van der Waals surface area contributed by atoms with Gasteiger partial charge in [-0.2, -0.15) is 5.26 Å². The zero-order valence-corrected chi connectivity index (χ0v) is 12.1. The van der Waals surface area contributed by atoms with Gasteiger partial charge in [-0.1, -0.05) is 12.1 Å². The van der Waals surface area contributed by atoms with Crippen molar-refractivity contribution in [3.8, 4) is 11.8 Å². The molecule has 3 nitrogen and oxygen atoms in total. The van der Waals surface area contributed by atoms with Gasteiger partial charge in [0.05, 0.1) is 18.9 Å². The highest BCUT2D eigenvalue weighted by Crippen LogP contribution is 2.47. The van der Waals surface area contributed by atoms with E-state index in [9.17, 15) is 5.26 Å². The standard InChI is InChI=1S/C17H22N2O/c1-20-16-7-3-2-6-15(16)19-17(12-18)10-4-5-14(11-17)13-8-9-13/h2-3,6-7,13-14,19H,4-5,8-11H2,1H3. The molecule has 20 heavy (non-hydrogen) atoms. The van der Waals surface area contributed by atoms with Gasteiger partial charge in [-0.15, -0.1) is 0 Å². The molecule has 2 saturated carbocycles. The Morgan fingerprint density at radius 2 is 2.05 bits per heavy atom. The fraction of sp³-hybridized carbons (Fsp3) is 0.588. The molecule has 2 aliphatic rings. The van der Waals surface area contributed by atoms with Crippen LogP contribution in [0.1, 0.15) is 38.5 Å². The Morgan fingerprint density at radius 1 is 1.25 bits per heavy atom. The molecule has 1 N–H and O–H groups in total. The molecule has 0 radical (unpaired) electrons. The van der Waals surface area contributed by atoms with Crippen molar-refractivity contribution >= 4 is 5.69 Å². The number of rotatable bonds is 4. The highest BCUT2D eigenvalue weighted by atomic mass is 16.5. The summed E-state index contributed by atoms with van der Waals surface area (Å²) in [6.07, 6.45) is 7.08. The number of nitrogens with zero attached hydrogens (tertiary/aromatic N) is 1. The van der Waals surface area contributed by atoms with E-state index in [-0.39, 0.29) is 0 Å². The first-order valence-electron chi connectivity index (χ1n) is 7.59. The number of benzene rings is 1. The predicted octanol–water partition coefficient (Wildman–Crippen LogP) is 3.97. The number of anilines is 1. The largest absolute Gasteiger partial charge is 0.495 e. The third-order valence-corrected chi connectivity index (χ3v) is 4.77. The van der Waals surface area contributed by atoms with Crippen LogP contribution >= 0.6 is 0 Å². The van der Waals surface area contributed by atoms with E-state index in [1.165, 1.54) is 19.3 Å². The topological polar surface area (TPSA) is 45.0 Å². The summed E-state index contributed by atoms with van der Waals surface area (Å²) in [7, 11) is 1.67. The molecular weight excluding hydrogens is 248 g/mol. The van der Waals surface area contributed by atoms with Crippen LogP contribution in [-0.2, 0) is 0 Å². The Balaban J connectivity index is 1.80. The lowest BCUT2D eigenvalue weighted by molar-refractivity contribution is 0.263. The summed E-state index contributed by atoms with van der Waals surface area (Å²) in [4.78, 5) is 0. The molecule has 0 bridgehead atoms. The van der Waals surface area contributed by atoms with Crippen LogP contribution in [0.15, 0.2) is 24.3 Å². The Labute approximate surface area is 120 Å². The van der Waals surface area contributed by atoms with Gasteiger partial charge in [0.2, 0.25) is 0 Å². The number of hydrogen-bond acceptors (Lipinski definition) is 3. The molecule has 106 valence electrons. The lowest BCUT2D eigenvalue weighted by Gasteiger charge is -2.37. The molecule has 3 heteroatoms. The van der Waals surface area contributed by atoms with Crippen molar-refractivity contribution in [3.05, 3.63) is 24.3 Å². The second kappa shape index (κ2) is 5.36. The summed E-state index contributed by atoms with van der Waals surface area (Å²) in [5, 5.41) is 13.2. The minimum Gasteiger partial charge on any atom is -0.495 e. The summed E-state index contributed by atoms with van der Waals surface area (Å²) in [5.74, 6) is 2.42. The summed E-state index contributed by atoms with van der Waals surface area (Å²) >= 11 is 0. The second-order valence-electron chi connectivity index (χ2n) is 6.21. The molecule has 2 aliphatic carbocycles. The van der Waals surface area contributed by atoms with E-state index in [2.05, 4.69) is 11.4 Å². The first kappa shape index (κ1) is 13.3. The average molecular weight is 270 g/mol. The molecule has 2 unspecified atom stereocenters. The molecule has 1 aromatic rings. The van der Waals surface area contributed by atoms with Gasteiger partial charge >= 0.3 is 0 Å². The van der Waals surface area contributed by atoms with Crippen molar-refractivity contribution in [2.24, 2.45) is 11.8 Å². The van der Waals surface area contributed by atoms with E-state index < -0.39 is 5.54 Å². The van der Waals surface area contributed by atoms with Crippen LogP contribution in [0.5, 0.6) is 5.75 Å². The van der Waals surface area contributed by atoms with E-state index in [0.717, 1.165) is 42.5 Å². The quantitative estimate of drug-likeness (QED) is 0.900. The van der Waals surface area contributed by atoms with Crippen LogP contribution in [0.2, 0.25) is 0 Å². The minimum atomic E-state index is -0.417. The van der Waals surface area contributed by atoms with Gasteiger partial charge in [0.25, 0.3) is 0 Å². The highest BCUT2D eigenvalue weighted by Gasteiger charge is 2.42. The van der Waals surface area contributed by atoms with Gasteiger partial charge < -0.3 is 10.1 Å². The Morgan fingerprint density at radius 3 is 2.75 bits per heavy atom. The molecule has 0 aromatic heterocycles. The fourth-order valence-electron chi connectivity index (χ4n) is 3.54. The third kappa shape index (κ3) is 2.60. The molecule has 3 rings (SSSR count). The fourth-order valence-corrected chi connectivity index (χ4v) is 3.54. The van der Waals surface area contributed by atoms with E-state index in [0.29, 0.717) is 0 Å². The van der Waals surface area contributed by atoms with Gasteiger partial charge in [-0.3, -0.25) is 0 Å². The summed E-state index contributed by atoms with van der Waals surface area (Å²) in [6.45, 7) is 0. The molecule has 0 spiro atoms. The van der Waals surface area contributed by atoms with Crippen molar-refractivity contribution < 1.29 is 4.74 Å². The van der Waals surface area contributed by atoms with Crippen molar-refractivity contribution in [1.29, 1.82) is 5.26 Å². The Hall–Kier alpha value is -1.69. The van der Waals surface area contributed by atoms with Gasteiger partial charge in [-0.05, 0) is 62.5 Å². The van der Waals surface area contributed by atoms with Crippen LogP contribution in [0.3, 0.4) is 0 Å². The average Bonchev–Trinajstić information content (AvgIpc) is 3.33. The van der Waals surface area contributed by atoms with Crippen LogP contribution in [-0.4, -0.2) is 12.6 Å². The lowest BCUT2D eigenvalue weighted by atomic mass is 9.74. The Bertz CT molecular complexity index is 518. The number of nitriles is 1. The minimum absolute atomic E-state index is 0.417. The molecule has 0 aliphatic heterocycles. The maximum atomic E-state index is 9.73. The van der Waals surface area contributed by atoms with Crippen molar-refractivity contribution in [2.75, 3.05) is 12.4 Å². The molecule has 2 atom stereocenters. The maximum absolute atomic E-state index is 9.73. The number of nitrogens with one attached hydrogen (secondary N) is 1. The van der Waals surface area contributed by atoms with Gasteiger partial charge in [0, 0.05) is 0 Å². The highest BCUT2D eigenvalue weighted by molar-refractivity contribution is 5.59.